The van der Waals surface area contributed by atoms with Crippen molar-refractivity contribution in [2.75, 3.05) is 12.3 Å². The van der Waals surface area contributed by atoms with E-state index >= 15 is 0 Å². The molecular weight excluding hydrogens is 234 g/mol. The first-order chi connectivity index (χ1) is 7.96. The lowest BCUT2D eigenvalue weighted by atomic mass is 9.96. The van der Waals surface area contributed by atoms with Crippen LogP contribution in [0.25, 0.3) is 0 Å². The second-order valence-electron chi connectivity index (χ2n) is 4.80. The van der Waals surface area contributed by atoms with Crippen LogP contribution in [0.3, 0.4) is 0 Å². The van der Waals surface area contributed by atoms with Crippen molar-refractivity contribution in [1.29, 1.82) is 0 Å². The first-order valence-corrected chi connectivity index (χ1v) is 7.61. The van der Waals surface area contributed by atoms with Crippen molar-refractivity contribution in [2.45, 2.75) is 64.2 Å². The molecule has 0 aliphatic rings. The van der Waals surface area contributed by atoms with Crippen LogP contribution in [-0.2, 0) is 4.79 Å². The zero-order chi connectivity index (χ0) is 13.3. The van der Waals surface area contributed by atoms with Crippen LogP contribution in [0.2, 0.25) is 0 Å². The van der Waals surface area contributed by atoms with Gasteiger partial charge in [-0.3, -0.25) is 4.79 Å². The molecule has 2 N–H and O–H groups in total. The Hall–Kier alpha value is -0.220. The van der Waals surface area contributed by atoms with Crippen molar-refractivity contribution < 1.29 is 9.90 Å². The SMILES string of the molecule is CCCCSC(C)CC(C)(NCCC)C(=O)O. The molecule has 0 aromatic carbocycles. The number of thioether (sulfide) groups is 1. The van der Waals surface area contributed by atoms with Gasteiger partial charge in [-0.05, 0) is 38.5 Å². The summed E-state index contributed by atoms with van der Waals surface area (Å²) in [6.45, 7) is 8.90. The molecule has 0 saturated heterocycles. The van der Waals surface area contributed by atoms with Crippen LogP contribution >= 0.6 is 11.8 Å². The van der Waals surface area contributed by atoms with Gasteiger partial charge in [0.15, 0.2) is 0 Å². The summed E-state index contributed by atoms with van der Waals surface area (Å²) < 4.78 is 0. The molecule has 0 aliphatic heterocycles. The van der Waals surface area contributed by atoms with Gasteiger partial charge >= 0.3 is 5.97 Å². The standard InChI is InChI=1S/C13H27NO2S/c1-5-7-9-17-11(3)10-13(4,12(15)16)14-8-6-2/h11,14H,5-10H2,1-4H3,(H,15,16). The molecule has 0 aliphatic carbocycles. The Morgan fingerprint density at radius 3 is 2.53 bits per heavy atom. The van der Waals surface area contributed by atoms with Gasteiger partial charge in [0.25, 0.3) is 0 Å². The van der Waals surface area contributed by atoms with Gasteiger partial charge in [0, 0.05) is 5.25 Å². The van der Waals surface area contributed by atoms with E-state index in [0.717, 1.165) is 18.7 Å². The Labute approximate surface area is 110 Å². The highest BCUT2D eigenvalue weighted by atomic mass is 32.2. The fraction of sp³-hybridized carbons (Fsp3) is 0.923. The first-order valence-electron chi connectivity index (χ1n) is 6.56. The van der Waals surface area contributed by atoms with Crippen LogP contribution in [0.5, 0.6) is 0 Å². The number of aliphatic carboxylic acids is 1. The lowest BCUT2D eigenvalue weighted by Gasteiger charge is -2.29. The van der Waals surface area contributed by atoms with Gasteiger partial charge < -0.3 is 10.4 Å². The molecule has 17 heavy (non-hydrogen) atoms. The van der Waals surface area contributed by atoms with E-state index < -0.39 is 11.5 Å². The number of carboxylic acid groups (broad SMARTS) is 1. The van der Waals surface area contributed by atoms with Gasteiger partial charge in [0.1, 0.15) is 5.54 Å². The van der Waals surface area contributed by atoms with Gasteiger partial charge in [-0.1, -0.05) is 27.2 Å². The maximum absolute atomic E-state index is 11.3. The van der Waals surface area contributed by atoms with Crippen LogP contribution in [0, 0.1) is 0 Å². The maximum atomic E-state index is 11.3. The second-order valence-corrected chi connectivity index (χ2v) is 6.35. The molecule has 2 unspecified atom stereocenters. The third kappa shape index (κ3) is 6.94. The number of unbranched alkanes of at least 4 members (excludes halogenated alkanes) is 1. The summed E-state index contributed by atoms with van der Waals surface area (Å²) >= 11 is 1.88. The molecule has 0 bridgehead atoms. The van der Waals surface area contributed by atoms with Gasteiger partial charge in [0.2, 0.25) is 0 Å². The molecule has 3 nitrogen and oxygen atoms in total. The van der Waals surface area contributed by atoms with Crippen LogP contribution in [0.4, 0.5) is 0 Å². The highest BCUT2D eigenvalue weighted by Crippen LogP contribution is 2.23. The van der Waals surface area contributed by atoms with E-state index in [9.17, 15) is 9.90 Å². The molecule has 0 fully saturated rings. The molecule has 2 atom stereocenters. The summed E-state index contributed by atoms with van der Waals surface area (Å²) in [6.07, 6.45) is 4.04. The minimum absolute atomic E-state index is 0.381. The molecule has 102 valence electrons. The topological polar surface area (TPSA) is 49.3 Å². The number of hydrogen-bond acceptors (Lipinski definition) is 3. The summed E-state index contributed by atoms with van der Waals surface area (Å²) in [6, 6.07) is 0. The number of hydrogen-bond donors (Lipinski definition) is 2. The van der Waals surface area contributed by atoms with Crippen molar-refractivity contribution in [3.05, 3.63) is 0 Å². The summed E-state index contributed by atoms with van der Waals surface area (Å²) in [5.74, 6) is 0.384. The Balaban J connectivity index is 4.18. The van der Waals surface area contributed by atoms with E-state index in [-0.39, 0.29) is 0 Å². The van der Waals surface area contributed by atoms with E-state index in [2.05, 4.69) is 26.1 Å². The smallest absolute Gasteiger partial charge is 0.323 e. The van der Waals surface area contributed by atoms with E-state index in [1.807, 2.05) is 11.8 Å². The number of carboxylic acids is 1. The highest BCUT2D eigenvalue weighted by molar-refractivity contribution is 7.99. The molecule has 0 spiro atoms. The van der Waals surface area contributed by atoms with Gasteiger partial charge in [0.05, 0.1) is 0 Å². The van der Waals surface area contributed by atoms with Gasteiger partial charge in [-0.15, -0.1) is 0 Å². The predicted molar refractivity (Wildman–Crippen MR) is 75.8 cm³/mol. The zero-order valence-electron chi connectivity index (χ0n) is 11.6. The van der Waals surface area contributed by atoms with E-state index in [0.29, 0.717) is 11.7 Å². The predicted octanol–water partition coefficient (Wildman–Crippen LogP) is 3.14. The summed E-state index contributed by atoms with van der Waals surface area (Å²) in [4.78, 5) is 11.3. The number of carbonyl (C=O) groups is 1. The average molecular weight is 261 g/mol. The van der Waals surface area contributed by atoms with Crippen molar-refractivity contribution in [1.82, 2.24) is 5.32 Å². The highest BCUT2D eigenvalue weighted by Gasteiger charge is 2.33. The molecule has 0 radical (unpaired) electrons. The van der Waals surface area contributed by atoms with Crippen molar-refractivity contribution in [3.63, 3.8) is 0 Å². The largest absolute Gasteiger partial charge is 0.480 e. The second kappa shape index (κ2) is 8.81. The van der Waals surface area contributed by atoms with Crippen LogP contribution in [0.1, 0.15) is 53.4 Å². The van der Waals surface area contributed by atoms with Crippen molar-refractivity contribution in [2.24, 2.45) is 0 Å². The van der Waals surface area contributed by atoms with Crippen LogP contribution in [-0.4, -0.2) is 34.2 Å². The van der Waals surface area contributed by atoms with Crippen LogP contribution in [0.15, 0.2) is 0 Å². The molecule has 0 aromatic heterocycles. The summed E-state index contributed by atoms with van der Waals surface area (Å²) in [7, 11) is 0. The number of nitrogens with one attached hydrogen (secondary N) is 1. The first kappa shape index (κ1) is 16.8. The third-order valence-corrected chi connectivity index (χ3v) is 4.09. The minimum atomic E-state index is -0.783. The Morgan fingerprint density at radius 1 is 1.41 bits per heavy atom. The van der Waals surface area contributed by atoms with E-state index in [1.54, 1.807) is 6.92 Å². The number of rotatable bonds is 10. The fourth-order valence-corrected chi connectivity index (χ4v) is 3.01. The zero-order valence-corrected chi connectivity index (χ0v) is 12.4. The normalized spacial score (nSPS) is 16.5. The average Bonchev–Trinajstić information content (AvgIpc) is 2.26. The molecule has 0 aromatic rings. The van der Waals surface area contributed by atoms with Crippen molar-refractivity contribution >= 4 is 17.7 Å². The minimum Gasteiger partial charge on any atom is -0.480 e. The van der Waals surface area contributed by atoms with Crippen molar-refractivity contribution in [3.8, 4) is 0 Å². The molecule has 0 heterocycles. The summed E-state index contributed by atoms with van der Waals surface area (Å²) in [5, 5.41) is 12.8. The van der Waals surface area contributed by atoms with Crippen LogP contribution < -0.4 is 5.32 Å². The Morgan fingerprint density at radius 2 is 2.06 bits per heavy atom. The lowest BCUT2D eigenvalue weighted by Crippen LogP contribution is -2.51. The maximum Gasteiger partial charge on any atom is 0.323 e. The molecule has 0 saturated carbocycles. The third-order valence-electron chi connectivity index (χ3n) is 2.83. The van der Waals surface area contributed by atoms with E-state index in [4.69, 9.17) is 0 Å². The fourth-order valence-electron chi connectivity index (χ4n) is 1.70. The summed E-state index contributed by atoms with van der Waals surface area (Å²) in [5.41, 5.74) is -0.783. The molecule has 4 heteroatoms. The van der Waals surface area contributed by atoms with E-state index in [1.165, 1.54) is 12.8 Å². The molecule has 0 rings (SSSR count). The quantitative estimate of drug-likeness (QED) is 0.593. The van der Waals surface area contributed by atoms with Gasteiger partial charge in [-0.2, -0.15) is 11.8 Å². The molecule has 0 amide bonds. The Kier molecular flexibility index (Phi) is 8.70. The lowest BCUT2D eigenvalue weighted by molar-refractivity contribution is -0.144. The van der Waals surface area contributed by atoms with Gasteiger partial charge in [-0.25, -0.2) is 0 Å². The molecular formula is C13H27NO2S. The monoisotopic (exact) mass is 261 g/mol. The Bertz CT molecular complexity index is 223.